The molecule has 1 aliphatic rings. The zero-order valence-electron chi connectivity index (χ0n) is 10.0. The highest BCUT2D eigenvalue weighted by atomic mass is 15.1. The molecule has 18 heavy (non-hydrogen) atoms. The van der Waals surface area contributed by atoms with Crippen LogP contribution in [0.25, 0.3) is 5.69 Å². The van der Waals surface area contributed by atoms with Gasteiger partial charge in [-0.1, -0.05) is 12.1 Å². The summed E-state index contributed by atoms with van der Waals surface area (Å²) in [6.07, 6.45) is 6.04. The topological polar surface area (TPSA) is 53.6 Å². The molecular weight excluding hydrogens is 224 g/mol. The van der Waals surface area contributed by atoms with E-state index >= 15 is 0 Å². The third-order valence-corrected chi connectivity index (χ3v) is 3.10. The first kappa shape index (κ1) is 11.0. The van der Waals surface area contributed by atoms with Crippen molar-refractivity contribution >= 4 is 0 Å². The van der Waals surface area contributed by atoms with E-state index in [1.165, 1.54) is 18.4 Å². The van der Waals surface area contributed by atoms with Gasteiger partial charge >= 0.3 is 0 Å². The van der Waals surface area contributed by atoms with Gasteiger partial charge in [-0.05, 0) is 30.5 Å². The Hall–Kier alpha value is -2.12. The van der Waals surface area contributed by atoms with E-state index in [-0.39, 0.29) is 0 Å². The molecule has 4 heteroatoms. The minimum absolute atomic E-state index is 0.419. The molecule has 0 bridgehead atoms. The van der Waals surface area contributed by atoms with Gasteiger partial charge in [-0.15, -0.1) is 0 Å². The van der Waals surface area contributed by atoms with E-state index < -0.39 is 0 Å². The van der Waals surface area contributed by atoms with Gasteiger partial charge in [0.2, 0.25) is 5.82 Å². The molecule has 0 aliphatic heterocycles. The Morgan fingerprint density at radius 1 is 1.44 bits per heavy atom. The number of nitrogens with one attached hydrogen (secondary N) is 1. The summed E-state index contributed by atoms with van der Waals surface area (Å²) >= 11 is 0. The highest BCUT2D eigenvalue weighted by molar-refractivity contribution is 5.39. The van der Waals surface area contributed by atoms with Crippen molar-refractivity contribution in [1.29, 1.82) is 5.26 Å². The third-order valence-electron chi connectivity index (χ3n) is 3.10. The zero-order valence-corrected chi connectivity index (χ0v) is 10.0. The van der Waals surface area contributed by atoms with Crippen LogP contribution >= 0.6 is 0 Å². The van der Waals surface area contributed by atoms with Crippen molar-refractivity contribution in [1.82, 2.24) is 14.9 Å². The summed E-state index contributed by atoms with van der Waals surface area (Å²) in [5, 5.41) is 12.5. The summed E-state index contributed by atoms with van der Waals surface area (Å²) < 4.78 is 1.81. The quantitative estimate of drug-likeness (QED) is 0.886. The van der Waals surface area contributed by atoms with Gasteiger partial charge in [-0.25, -0.2) is 4.98 Å². The Balaban J connectivity index is 1.83. The molecule has 0 unspecified atom stereocenters. The first-order chi connectivity index (χ1) is 8.86. The summed E-state index contributed by atoms with van der Waals surface area (Å²) in [5.74, 6) is 0.419. The first-order valence-electron chi connectivity index (χ1n) is 6.13. The molecule has 1 heterocycles. The summed E-state index contributed by atoms with van der Waals surface area (Å²) in [6.45, 7) is 0.884. The summed E-state index contributed by atoms with van der Waals surface area (Å²) in [6, 6.07) is 11.0. The number of hydrogen-bond donors (Lipinski definition) is 1. The van der Waals surface area contributed by atoms with Gasteiger partial charge in [0.15, 0.2) is 0 Å². The van der Waals surface area contributed by atoms with Gasteiger partial charge in [0.25, 0.3) is 0 Å². The molecule has 1 aromatic carbocycles. The molecule has 0 radical (unpaired) electrons. The Morgan fingerprint density at radius 3 is 3.11 bits per heavy atom. The largest absolute Gasteiger partial charge is 0.310 e. The average molecular weight is 238 g/mol. The van der Waals surface area contributed by atoms with Crippen molar-refractivity contribution < 1.29 is 0 Å². The van der Waals surface area contributed by atoms with Gasteiger partial charge in [0.1, 0.15) is 6.07 Å². The van der Waals surface area contributed by atoms with E-state index in [0.717, 1.165) is 12.2 Å². The van der Waals surface area contributed by atoms with Crippen molar-refractivity contribution in [2.75, 3.05) is 0 Å². The van der Waals surface area contributed by atoms with Crippen molar-refractivity contribution in [3.8, 4) is 11.8 Å². The van der Waals surface area contributed by atoms with Gasteiger partial charge in [0.05, 0.1) is 0 Å². The van der Waals surface area contributed by atoms with Crippen molar-refractivity contribution in [2.45, 2.75) is 25.4 Å². The molecule has 1 N–H and O–H groups in total. The van der Waals surface area contributed by atoms with Crippen LogP contribution in [-0.2, 0) is 6.54 Å². The lowest BCUT2D eigenvalue weighted by Gasteiger charge is -2.07. The van der Waals surface area contributed by atoms with Crippen LogP contribution in [0.15, 0.2) is 36.7 Å². The van der Waals surface area contributed by atoms with Crippen molar-refractivity contribution in [3.05, 3.63) is 48.0 Å². The minimum Gasteiger partial charge on any atom is -0.310 e. The standard InChI is InChI=1S/C14H14N4/c15-9-14-16-6-7-18(14)13-3-1-2-11(8-13)10-17-12-4-5-12/h1-3,6-8,12,17H,4-5,10H2. The van der Waals surface area contributed by atoms with E-state index in [0.29, 0.717) is 11.9 Å². The SMILES string of the molecule is N#Cc1nccn1-c1cccc(CNC2CC2)c1. The molecule has 4 nitrogen and oxygen atoms in total. The molecule has 0 spiro atoms. The lowest BCUT2D eigenvalue weighted by molar-refractivity contribution is 0.687. The molecule has 1 aliphatic carbocycles. The molecule has 90 valence electrons. The van der Waals surface area contributed by atoms with Crippen LogP contribution in [0.1, 0.15) is 24.2 Å². The average Bonchev–Trinajstić information content (AvgIpc) is 3.12. The number of rotatable bonds is 4. The maximum absolute atomic E-state index is 8.98. The Kier molecular flexibility index (Phi) is 2.83. The Labute approximate surface area is 106 Å². The second-order valence-electron chi connectivity index (χ2n) is 4.56. The molecule has 2 aromatic rings. The summed E-state index contributed by atoms with van der Waals surface area (Å²) in [5.41, 5.74) is 2.22. The molecule has 1 saturated carbocycles. The molecule has 0 atom stereocenters. The van der Waals surface area contributed by atoms with Crippen LogP contribution in [-0.4, -0.2) is 15.6 Å². The molecular formula is C14H14N4. The number of nitriles is 1. The molecule has 0 saturated heterocycles. The lowest BCUT2D eigenvalue weighted by atomic mass is 10.2. The fourth-order valence-electron chi connectivity index (χ4n) is 1.96. The first-order valence-corrected chi connectivity index (χ1v) is 6.13. The van der Waals surface area contributed by atoms with E-state index in [4.69, 9.17) is 5.26 Å². The smallest absolute Gasteiger partial charge is 0.217 e. The maximum atomic E-state index is 8.98. The number of nitrogens with zero attached hydrogens (tertiary/aromatic N) is 3. The number of aromatic nitrogens is 2. The number of benzene rings is 1. The molecule has 3 rings (SSSR count). The van der Waals surface area contributed by atoms with Crippen LogP contribution in [0.4, 0.5) is 0 Å². The third kappa shape index (κ3) is 2.27. The van der Waals surface area contributed by atoms with Crippen LogP contribution in [0, 0.1) is 11.3 Å². The predicted octanol–water partition coefficient (Wildman–Crippen LogP) is 2.00. The maximum Gasteiger partial charge on any atom is 0.217 e. The normalized spacial score (nSPS) is 14.4. The van der Waals surface area contributed by atoms with Crippen LogP contribution in [0.2, 0.25) is 0 Å². The van der Waals surface area contributed by atoms with Crippen LogP contribution < -0.4 is 5.32 Å². The lowest BCUT2D eigenvalue weighted by Crippen LogP contribution is -2.15. The molecule has 1 aromatic heterocycles. The van der Waals surface area contributed by atoms with Crippen molar-refractivity contribution in [3.63, 3.8) is 0 Å². The van der Waals surface area contributed by atoms with E-state index in [1.807, 2.05) is 18.3 Å². The van der Waals surface area contributed by atoms with Gasteiger partial charge < -0.3 is 5.32 Å². The van der Waals surface area contributed by atoms with E-state index in [1.54, 1.807) is 10.8 Å². The highest BCUT2D eigenvalue weighted by Crippen LogP contribution is 2.20. The Bertz CT molecular complexity index is 590. The Morgan fingerprint density at radius 2 is 2.33 bits per heavy atom. The van der Waals surface area contributed by atoms with Gasteiger partial charge in [-0.2, -0.15) is 5.26 Å². The van der Waals surface area contributed by atoms with Crippen molar-refractivity contribution in [2.24, 2.45) is 0 Å². The predicted molar refractivity (Wildman–Crippen MR) is 68.1 cm³/mol. The van der Waals surface area contributed by atoms with Gasteiger partial charge in [-0.3, -0.25) is 4.57 Å². The molecule has 1 fully saturated rings. The minimum atomic E-state index is 0.419. The van der Waals surface area contributed by atoms with Crippen LogP contribution in [0.5, 0.6) is 0 Å². The second kappa shape index (κ2) is 4.63. The summed E-state index contributed by atoms with van der Waals surface area (Å²) in [4.78, 5) is 4.01. The zero-order chi connectivity index (χ0) is 12.4. The van der Waals surface area contributed by atoms with Gasteiger partial charge in [0, 0.05) is 30.7 Å². The number of imidazole rings is 1. The van der Waals surface area contributed by atoms with Crippen LogP contribution in [0.3, 0.4) is 0 Å². The highest BCUT2D eigenvalue weighted by Gasteiger charge is 2.19. The fraction of sp³-hybridized carbons (Fsp3) is 0.286. The number of hydrogen-bond acceptors (Lipinski definition) is 3. The second-order valence-corrected chi connectivity index (χ2v) is 4.56. The monoisotopic (exact) mass is 238 g/mol. The van der Waals surface area contributed by atoms with E-state index in [9.17, 15) is 0 Å². The van der Waals surface area contributed by atoms with E-state index in [2.05, 4.69) is 28.5 Å². The fourth-order valence-corrected chi connectivity index (χ4v) is 1.96. The molecule has 0 amide bonds. The summed E-state index contributed by atoms with van der Waals surface area (Å²) in [7, 11) is 0.